The topological polar surface area (TPSA) is 61.7 Å². The average molecular weight is 530 g/mol. The molecule has 0 radical (unpaired) electrons. The molecule has 3 aromatic carbocycles. The molecule has 0 spiro atoms. The van der Waals surface area contributed by atoms with Gasteiger partial charge in [-0.15, -0.1) is 12.4 Å². The number of hydrogen-bond acceptors (Lipinski definition) is 4. The number of aryl methyl sites for hydroxylation is 2. The van der Waals surface area contributed by atoms with Crippen molar-refractivity contribution in [1.82, 2.24) is 14.1 Å². The van der Waals surface area contributed by atoms with Crippen LogP contribution in [-0.4, -0.2) is 14.1 Å². The van der Waals surface area contributed by atoms with E-state index in [0.29, 0.717) is 35.5 Å². The summed E-state index contributed by atoms with van der Waals surface area (Å²) in [6.07, 6.45) is 1.95. The van der Waals surface area contributed by atoms with Gasteiger partial charge in [-0.25, -0.2) is 9.37 Å². The maximum atomic E-state index is 13.2. The van der Waals surface area contributed by atoms with Crippen molar-refractivity contribution >= 4 is 29.0 Å². The van der Waals surface area contributed by atoms with Crippen molar-refractivity contribution in [3.63, 3.8) is 0 Å². The van der Waals surface area contributed by atoms with Crippen LogP contribution in [0.4, 0.5) is 4.39 Å². The molecule has 0 aliphatic heterocycles. The van der Waals surface area contributed by atoms with Crippen LogP contribution in [0.3, 0.4) is 0 Å². The van der Waals surface area contributed by atoms with Crippen LogP contribution in [0.25, 0.3) is 39.0 Å². The zero-order valence-corrected chi connectivity index (χ0v) is 21.7. The Kier molecular flexibility index (Phi) is 6.78. The van der Waals surface area contributed by atoms with Crippen LogP contribution < -0.4 is 10.3 Å². The summed E-state index contributed by atoms with van der Waals surface area (Å²) in [5, 5.41) is 0.562. The van der Waals surface area contributed by atoms with Gasteiger partial charge in [0.1, 0.15) is 12.4 Å². The van der Waals surface area contributed by atoms with Crippen molar-refractivity contribution in [1.29, 1.82) is 0 Å². The van der Waals surface area contributed by atoms with Gasteiger partial charge in [-0.3, -0.25) is 9.20 Å². The van der Waals surface area contributed by atoms with Gasteiger partial charge >= 0.3 is 0 Å². The smallest absolute Gasteiger partial charge is 0.290 e. The van der Waals surface area contributed by atoms with Gasteiger partial charge in [-0.05, 0) is 66.9 Å². The molecule has 3 aromatic heterocycles. The Bertz CT molecular complexity index is 1800. The lowest BCUT2D eigenvalue weighted by Crippen LogP contribution is -2.12. The monoisotopic (exact) mass is 529 g/mol. The van der Waals surface area contributed by atoms with E-state index in [1.807, 2.05) is 73.0 Å². The number of fused-ring (bicyclic) bond motifs is 2. The van der Waals surface area contributed by atoms with Gasteiger partial charge in [0, 0.05) is 11.8 Å². The minimum absolute atomic E-state index is 0. The van der Waals surface area contributed by atoms with Gasteiger partial charge in [0.05, 0.1) is 23.3 Å². The maximum Gasteiger partial charge on any atom is 0.290 e. The molecule has 0 aliphatic rings. The summed E-state index contributed by atoms with van der Waals surface area (Å²) in [6, 6.07) is 23.9. The van der Waals surface area contributed by atoms with Crippen LogP contribution >= 0.6 is 12.4 Å². The highest BCUT2D eigenvalue weighted by molar-refractivity contribution is 5.85. The van der Waals surface area contributed by atoms with Crippen LogP contribution in [0, 0.1) is 12.7 Å². The number of ether oxygens (including phenoxy) is 1. The lowest BCUT2D eigenvalue weighted by atomic mass is 10.0. The molecule has 38 heavy (non-hydrogen) atoms. The molecular formula is C30H25ClFN3O3. The van der Waals surface area contributed by atoms with Crippen molar-refractivity contribution < 1.29 is 13.7 Å². The molecule has 0 amide bonds. The molecule has 0 fully saturated rings. The van der Waals surface area contributed by atoms with E-state index in [2.05, 4.69) is 0 Å². The molecule has 3 heterocycles. The Morgan fingerprint density at radius 1 is 0.947 bits per heavy atom. The van der Waals surface area contributed by atoms with Gasteiger partial charge < -0.3 is 9.26 Å². The first-order valence-corrected chi connectivity index (χ1v) is 12.1. The number of hydrogen-bond donors (Lipinski definition) is 0. The third-order valence-electron chi connectivity index (χ3n) is 6.52. The summed E-state index contributed by atoms with van der Waals surface area (Å²) < 4.78 is 28.5. The molecule has 0 saturated carbocycles. The largest absolute Gasteiger partial charge is 0.485 e. The quantitative estimate of drug-likeness (QED) is 0.232. The molecule has 0 N–H and O–H groups in total. The fourth-order valence-electron chi connectivity index (χ4n) is 4.64. The van der Waals surface area contributed by atoms with E-state index in [1.54, 1.807) is 18.2 Å². The molecule has 192 valence electrons. The number of rotatable bonds is 6. The number of pyridine rings is 1. The van der Waals surface area contributed by atoms with E-state index < -0.39 is 0 Å². The second kappa shape index (κ2) is 10.2. The zero-order chi connectivity index (χ0) is 25.5. The first-order chi connectivity index (χ1) is 18.0. The van der Waals surface area contributed by atoms with Crippen LogP contribution in [0.15, 0.2) is 94.4 Å². The minimum Gasteiger partial charge on any atom is -0.485 e. The lowest BCUT2D eigenvalue weighted by molar-refractivity contribution is 0.293. The van der Waals surface area contributed by atoms with Crippen molar-refractivity contribution in [2.24, 2.45) is 0 Å². The SMILES string of the molecule is CCn1oc2cc(-c3c(C)nc4c(OCc5ccc(-c6ccc(F)cc6)cc5)cccn34)ccc2c1=O.Cl. The minimum atomic E-state index is -0.247. The standard InChI is InChI=1S/C30H24FN3O3.ClH/c1-3-34-30(35)25-15-12-23(17-27(25)37-34)28-19(2)32-29-26(5-4-16-33(28)29)36-18-20-6-8-21(9-7-20)22-10-13-24(31)14-11-22;/h4-17H,3,18H2,1-2H3;1H. The van der Waals surface area contributed by atoms with Gasteiger partial charge in [0.15, 0.2) is 17.0 Å². The van der Waals surface area contributed by atoms with Gasteiger partial charge in [-0.2, -0.15) is 4.74 Å². The van der Waals surface area contributed by atoms with E-state index >= 15 is 0 Å². The molecule has 6 aromatic rings. The lowest BCUT2D eigenvalue weighted by Gasteiger charge is -2.09. The highest BCUT2D eigenvalue weighted by Gasteiger charge is 2.17. The third-order valence-corrected chi connectivity index (χ3v) is 6.52. The first-order valence-electron chi connectivity index (χ1n) is 12.1. The van der Waals surface area contributed by atoms with Gasteiger partial charge in [0.2, 0.25) is 0 Å². The molecule has 0 bridgehead atoms. The summed E-state index contributed by atoms with van der Waals surface area (Å²) in [5.41, 5.74) is 6.79. The van der Waals surface area contributed by atoms with Crippen LogP contribution in [0.1, 0.15) is 18.2 Å². The molecule has 6 nitrogen and oxygen atoms in total. The predicted molar refractivity (Wildman–Crippen MR) is 148 cm³/mol. The van der Waals surface area contributed by atoms with Gasteiger partial charge in [-0.1, -0.05) is 42.5 Å². The number of imidazole rings is 1. The Morgan fingerprint density at radius 2 is 1.63 bits per heavy atom. The number of aromatic nitrogens is 3. The van der Waals surface area contributed by atoms with E-state index in [0.717, 1.165) is 33.6 Å². The Morgan fingerprint density at radius 3 is 2.34 bits per heavy atom. The summed E-state index contributed by atoms with van der Waals surface area (Å²) in [6.45, 7) is 4.69. The molecule has 8 heteroatoms. The molecule has 0 atom stereocenters. The molecule has 6 rings (SSSR count). The van der Waals surface area contributed by atoms with E-state index in [-0.39, 0.29) is 23.8 Å². The number of nitrogens with zero attached hydrogens (tertiary/aromatic N) is 3. The highest BCUT2D eigenvalue weighted by atomic mass is 35.5. The molecule has 0 unspecified atom stereocenters. The number of benzene rings is 3. The Hall–Kier alpha value is -4.36. The van der Waals surface area contributed by atoms with E-state index in [9.17, 15) is 9.18 Å². The third kappa shape index (κ3) is 4.46. The van der Waals surface area contributed by atoms with E-state index in [1.165, 1.54) is 16.9 Å². The Labute approximate surface area is 224 Å². The molecule has 0 saturated heterocycles. The van der Waals surface area contributed by atoms with Crippen LogP contribution in [0.2, 0.25) is 0 Å². The van der Waals surface area contributed by atoms with Crippen molar-refractivity contribution in [3.05, 3.63) is 112 Å². The second-order valence-corrected chi connectivity index (χ2v) is 8.91. The van der Waals surface area contributed by atoms with Crippen molar-refractivity contribution in [2.75, 3.05) is 0 Å². The van der Waals surface area contributed by atoms with E-state index in [4.69, 9.17) is 14.2 Å². The van der Waals surface area contributed by atoms with Crippen molar-refractivity contribution in [2.45, 2.75) is 27.0 Å². The summed E-state index contributed by atoms with van der Waals surface area (Å²) >= 11 is 0. The molecule has 0 aliphatic carbocycles. The summed E-state index contributed by atoms with van der Waals surface area (Å²) in [5.74, 6) is 0.423. The number of halogens is 2. The fourth-order valence-corrected chi connectivity index (χ4v) is 4.64. The highest BCUT2D eigenvalue weighted by Crippen LogP contribution is 2.31. The predicted octanol–water partition coefficient (Wildman–Crippen LogP) is 7.04. The maximum absolute atomic E-state index is 13.2. The fraction of sp³-hybridized carbons (Fsp3) is 0.133. The average Bonchev–Trinajstić information content (AvgIpc) is 3.43. The molecular weight excluding hydrogens is 505 g/mol. The Balaban J connectivity index is 0.00000294. The normalized spacial score (nSPS) is 11.1. The first kappa shape index (κ1) is 25.3. The second-order valence-electron chi connectivity index (χ2n) is 8.91. The van der Waals surface area contributed by atoms with Crippen molar-refractivity contribution in [3.8, 4) is 28.1 Å². The summed E-state index contributed by atoms with van der Waals surface area (Å²) in [7, 11) is 0. The summed E-state index contributed by atoms with van der Waals surface area (Å²) in [4.78, 5) is 17.2. The van der Waals surface area contributed by atoms with Crippen LogP contribution in [-0.2, 0) is 13.2 Å². The van der Waals surface area contributed by atoms with Gasteiger partial charge in [0.25, 0.3) is 5.56 Å². The zero-order valence-electron chi connectivity index (χ0n) is 20.8. The van der Waals surface area contributed by atoms with Crippen LogP contribution in [0.5, 0.6) is 5.75 Å².